The van der Waals surface area contributed by atoms with E-state index in [0.29, 0.717) is 18.4 Å². The van der Waals surface area contributed by atoms with Crippen LogP contribution in [0.15, 0.2) is 28.8 Å². The molecule has 0 aliphatic carbocycles. The van der Waals surface area contributed by atoms with E-state index in [-0.39, 0.29) is 0 Å². The summed E-state index contributed by atoms with van der Waals surface area (Å²) in [5.74, 6) is 2.19. The van der Waals surface area contributed by atoms with Crippen LogP contribution in [0.5, 0.6) is 11.5 Å². The molecule has 0 aliphatic rings. The van der Waals surface area contributed by atoms with Gasteiger partial charge in [0.05, 0.1) is 7.11 Å². The van der Waals surface area contributed by atoms with Crippen molar-refractivity contribution in [2.75, 3.05) is 7.11 Å². The molecule has 0 saturated heterocycles. The minimum absolute atomic E-state index is 0.358. The van der Waals surface area contributed by atoms with Gasteiger partial charge in [-0.05, 0) is 24.6 Å². The first-order valence-corrected chi connectivity index (χ1v) is 7.03. The molecule has 0 atom stereocenters. The molecule has 0 unspecified atom stereocenters. The Morgan fingerprint density at radius 3 is 2.67 bits per heavy atom. The van der Waals surface area contributed by atoms with Gasteiger partial charge in [0, 0.05) is 18.7 Å². The predicted octanol–water partition coefficient (Wildman–Crippen LogP) is 3.07. The van der Waals surface area contributed by atoms with E-state index >= 15 is 0 Å². The standard InChI is InChI=1S/C16H22N2O3/c1-11(2)17-9-13-5-6-15(16(8-13)19-4)20-10-14-7-12(3)21-18-14/h5-8,11,17H,9-10H2,1-4H3. The van der Waals surface area contributed by atoms with Gasteiger partial charge in [0.2, 0.25) is 0 Å². The van der Waals surface area contributed by atoms with Crippen LogP contribution in [-0.4, -0.2) is 18.3 Å². The van der Waals surface area contributed by atoms with Gasteiger partial charge in [-0.3, -0.25) is 0 Å². The van der Waals surface area contributed by atoms with Gasteiger partial charge in [0.15, 0.2) is 11.5 Å². The van der Waals surface area contributed by atoms with Gasteiger partial charge < -0.3 is 19.3 Å². The lowest BCUT2D eigenvalue weighted by atomic mass is 10.2. The van der Waals surface area contributed by atoms with Gasteiger partial charge in [-0.25, -0.2) is 0 Å². The Bertz CT molecular complexity index is 579. The van der Waals surface area contributed by atoms with Crippen molar-refractivity contribution in [3.8, 4) is 11.5 Å². The predicted molar refractivity (Wildman–Crippen MR) is 80.5 cm³/mol. The highest BCUT2D eigenvalue weighted by atomic mass is 16.5. The van der Waals surface area contributed by atoms with Gasteiger partial charge >= 0.3 is 0 Å². The molecule has 0 spiro atoms. The third-order valence-electron chi connectivity index (χ3n) is 2.99. The van der Waals surface area contributed by atoms with Crippen LogP contribution in [0.4, 0.5) is 0 Å². The number of aromatic nitrogens is 1. The molecule has 5 heteroatoms. The summed E-state index contributed by atoms with van der Waals surface area (Å²) < 4.78 is 16.1. The molecule has 1 heterocycles. The fourth-order valence-corrected chi connectivity index (χ4v) is 1.90. The highest BCUT2D eigenvalue weighted by Crippen LogP contribution is 2.28. The van der Waals surface area contributed by atoms with Crippen LogP contribution < -0.4 is 14.8 Å². The third-order valence-corrected chi connectivity index (χ3v) is 2.99. The van der Waals surface area contributed by atoms with Crippen molar-refractivity contribution in [2.24, 2.45) is 0 Å². The minimum atomic E-state index is 0.358. The van der Waals surface area contributed by atoms with E-state index in [1.54, 1.807) is 7.11 Å². The molecule has 1 aromatic heterocycles. The molecule has 2 aromatic rings. The maximum Gasteiger partial charge on any atom is 0.161 e. The lowest BCUT2D eigenvalue weighted by Gasteiger charge is -2.13. The summed E-state index contributed by atoms with van der Waals surface area (Å²) in [6.07, 6.45) is 0. The zero-order valence-electron chi connectivity index (χ0n) is 13.0. The molecule has 0 bridgehead atoms. The van der Waals surface area contributed by atoms with Crippen molar-refractivity contribution in [1.29, 1.82) is 0 Å². The minimum Gasteiger partial charge on any atom is -0.493 e. The number of nitrogens with one attached hydrogen (secondary N) is 1. The molecule has 1 aromatic carbocycles. The molecule has 114 valence electrons. The Morgan fingerprint density at radius 1 is 1.24 bits per heavy atom. The highest BCUT2D eigenvalue weighted by molar-refractivity contribution is 5.43. The number of nitrogens with zero attached hydrogens (tertiary/aromatic N) is 1. The Hall–Kier alpha value is -2.01. The average Bonchev–Trinajstić information content (AvgIpc) is 2.88. The van der Waals surface area contributed by atoms with E-state index in [1.807, 2.05) is 31.2 Å². The Balaban J connectivity index is 2.01. The van der Waals surface area contributed by atoms with Gasteiger partial charge in [0.1, 0.15) is 18.1 Å². The van der Waals surface area contributed by atoms with Crippen molar-refractivity contribution < 1.29 is 14.0 Å². The van der Waals surface area contributed by atoms with E-state index in [0.717, 1.165) is 29.3 Å². The van der Waals surface area contributed by atoms with Crippen molar-refractivity contribution in [3.05, 3.63) is 41.3 Å². The SMILES string of the molecule is COc1cc(CNC(C)C)ccc1OCc1cc(C)on1. The maximum atomic E-state index is 5.74. The number of benzene rings is 1. The van der Waals surface area contributed by atoms with Crippen molar-refractivity contribution in [3.63, 3.8) is 0 Å². The normalized spacial score (nSPS) is 10.9. The highest BCUT2D eigenvalue weighted by Gasteiger charge is 2.08. The fourth-order valence-electron chi connectivity index (χ4n) is 1.90. The lowest BCUT2D eigenvalue weighted by Crippen LogP contribution is -2.21. The Kier molecular flexibility index (Phi) is 5.22. The first-order chi connectivity index (χ1) is 10.1. The van der Waals surface area contributed by atoms with E-state index in [2.05, 4.69) is 24.3 Å². The second-order valence-corrected chi connectivity index (χ2v) is 5.24. The maximum absolute atomic E-state index is 5.74. The second kappa shape index (κ2) is 7.13. The quantitative estimate of drug-likeness (QED) is 0.849. The summed E-state index contributed by atoms with van der Waals surface area (Å²) in [7, 11) is 1.64. The lowest BCUT2D eigenvalue weighted by molar-refractivity contribution is 0.271. The van der Waals surface area contributed by atoms with Crippen LogP contribution in [0.25, 0.3) is 0 Å². The van der Waals surface area contributed by atoms with Gasteiger partial charge in [-0.2, -0.15) is 0 Å². The van der Waals surface area contributed by atoms with Crippen molar-refractivity contribution >= 4 is 0 Å². The number of ether oxygens (including phenoxy) is 2. The van der Waals surface area contributed by atoms with E-state index in [4.69, 9.17) is 14.0 Å². The first kappa shape index (κ1) is 15.4. The Labute approximate surface area is 125 Å². The number of hydrogen-bond donors (Lipinski definition) is 1. The third kappa shape index (κ3) is 4.49. The van der Waals surface area contributed by atoms with Gasteiger partial charge in [0.25, 0.3) is 0 Å². The molecule has 0 amide bonds. The van der Waals surface area contributed by atoms with E-state index < -0.39 is 0 Å². The monoisotopic (exact) mass is 290 g/mol. The van der Waals surface area contributed by atoms with Crippen LogP contribution in [-0.2, 0) is 13.2 Å². The number of rotatable bonds is 7. The number of aryl methyl sites for hydroxylation is 1. The van der Waals surface area contributed by atoms with Crippen LogP contribution >= 0.6 is 0 Å². The number of methoxy groups -OCH3 is 1. The molecule has 0 saturated carbocycles. The Morgan fingerprint density at radius 2 is 2.05 bits per heavy atom. The van der Waals surface area contributed by atoms with Crippen LogP contribution in [0, 0.1) is 6.92 Å². The van der Waals surface area contributed by atoms with E-state index in [9.17, 15) is 0 Å². The van der Waals surface area contributed by atoms with Crippen LogP contribution in [0.1, 0.15) is 30.9 Å². The summed E-state index contributed by atoms with van der Waals surface area (Å²) >= 11 is 0. The molecule has 21 heavy (non-hydrogen) atoms. The zero-order chi connectivity index (χ0) is 15.2. The molecule has 0 fully saturated rings. The topological polar surface area (TPSA) is 56.5 Å². The molecule has 5 nitrogen and oxygen atoms in total. The fraction of sp³-hybridized carbons (Fsp3) is 0.438. The van der Waals surface area contributed by atoms with Crippen LogP contribution in [0.3, 0.4) is 0 Å². The summed E-state index contributed by atoms with van der Waals surface area (Å²) in [5.41, 5.74) is 1.92. The molecule has 1 N–H and O–H groups in total. The molecular weight excluding hydrogens is 268 g/mol. The van der Waals surface area contributed by atoms with Crippen LogP contribution in [0.2, 0.25) is 0 Å². The van der Waals surface area contributed by atoms with Crippen molar-refractivity contribution in [1.82, 2.24) is 10.5 Å². The van der Waals surface area contributed by atoms with Gasteiger partial charge in [-0.1, -0.05) is 25.1 Å². The summed E-state index contributed by atoms with van der Waals surface area (Å²) in [6, 6.07) is 8.23. The molecule has 0 radical (unpaired) electrons. The second-order valence-electron chi connectivity index (χ2n) is 5.24. The molecule has 2 rings (SSSR count). The zero-order valence-corrected chi connectivity index (χ0v) is 13.0. The van der Waals surface area contributed by atoms with Gasteiger partial charge in [-0.15, -0.1) is 0 Å². The molecular formula is C16H22N2O3. The molecule has 0 aliphatic heterocycles. The smallest absolute Gasteiger partial charge is 0.161 e. The van der Waals surface area contributed by atoms with E-state index in [1.165, 1.54) is 0 Å². The van der Waals surface area contributed by atoms with Crippen molar-refractivity contribution in [2.45, 2.75) is 40.0 Å². The summed E-state index contributed by atoms with van der Waals surface area (Å²) in [6.45, 7) is 7.25. The number of hydrogen-bond acceptors (Lipinski definition) is 5. The largest absolute Gasteiger partial charge is 0.493 e. The summed E-state index contributed by atoms with van der Waals surface area (Å²) in [4.78, 5) is 0. The first-order valence-electron chi connectivity index (χ1n) is 7.03. The average molecular weight is 290 g/mol. The summed E-state index contributed by atoms with van der Waals surface area (Å²) in [5, 5.41) is 7.28.